The molecule has 0 radical (unpaired) electrons. The quantitative estimate of drug-likeness (QED) is 0.377. The molecule has 0 aliphatic carbocycles. The SMILES string of the molecule is CC(Sc1ncnc2nc[nH]c12)C(=O)Nc1ccc(Oc2ccccc2)cc1. The second kappa shape index (κ2) is 8.10. The number of H-pyrrole nitrogens is 1. The molecule has 2 heterocycles. The number of anilines is 1. The highest BCUT2D eigenvalue weighted by Gasteiger charge is 2.18. The third-order valence-corrected chi connectivity index (χ3v) is 5.05. The Labute approximate surface area is 165 Å². The number of ether oxygens (including phenoxy) is 1. The van der Waals surface area contributed by atoms with Gasteiger partial charge in [0, 0.05) is 5.69 Å². The van der Waals surface area contributed by atoms with Crippen LogP contribution in [0.5, 0.6) is 11.5 Å². The fourth-order valence-electron chi connectivity index (χ4n) is 2.53. The van der Waals surface area contributed by atoms with Crippen molar-refractivity contribution >= 4 is 34.5 Å². The zero-order valence-corrected chi connectivity index (χ0v) is 15.8. The van der Waals surface area contributed by atoms with Crippen molar-refractivity contribution in [1.29, 1.82) is 0 Å². The summed E-state index contributed by atoms with van der Waals surface area (Å²) in [6, 6.07) is 16.8. The van der Waals surface area contributed by atoms with Crippen LogP contribution in [-0.2, 0) is 4.79 Å². The molecule has 0 saturated heterocycles. The number of carbonyl (C=O) groups is 1. The van der Waals surface area contributed by atoms with Crippen molar-refractivity contribution in [3.05, 3.63) is 67.3 Å². The minimum Gasteiger partial charge on any atom is -0.457 e. The summed E-state index contributed by atoms with van der Waals surface area (Å²) >= 11 is 1.35. The Morgan fingerprint density at radius 1 is 1.04 bits per heavy atom. The van der Waals surface area contributed by atoms with E-state index in [9.17, 15) is 4.79 Å². The smallest absolute Gasteiger partial charge is 0.237 e. The minimum absolute atomic E-state index is 0.118. The first-order chi connectivity index (χ1) is 13.7. The molecule has 0 spiro atoms. The van der Waals surface area contributed by atoms with E-state index < -0.39 is 0 Å². The third-order valence-electron chi connectivity index (χ3n) is 3.95. The Kier molecular flexibility index (Phi) is 5.20. The molecule has 2 aromatic carbocycles. The van der Waals surface area contributed by atoms with E-state index in [2.05, 4.69) is 25.3 Å². The van der Waals surface area contributed by atoms with Gasteiger partial charge in [0.1, 0.15) is 28.4 Å². The van der Waals surface area contributed by atoms with Crippen LogP contribution in [-0.4, -0.2) is 31.1 Å². The lowest BCUT2D eigenvalue weighted by atomic mass is 10.3. The predicted molar refractivity (Wildman–Crippen MR) is 109 cm³/mol. The fraction of sp³-hybridized carbons (Fsp3) is 0.100. The van der Waals surface area contributed by atoms with Gasteiger partial charge in [-0.25, -0.2) is 15.0 Å². The third kappa shape index (κ3) is 4.12. The van der Waals surface area contributed by atoms with Gasteiger partial charge in [0.25, 0.3) is 0 Å². The number of imidazole rings is 1. The number of fused-ring (bicyclic) bond motifs is 1. The monoisotopic (exact) mass is 391 g/mol. The lowest BCUT2D eigenvalue weighted by molar-refractivity contribution is -0.115. The van der Waals surface area contributed by atoms with Gasteiger partial charge in [0.15, 0.2) is 5.65 Å². The first-order valence-electron chi connectivity index (χ1n) is 8.63. The van der Waals surface area contributed by atoms with Gasteiger partial charge in [0.2, 0.25) is 5.91 Å². The molecular formula is C20H17N5O2S. The summed E-state index contributed by atoms with van der Waals surface area (Å²) < 4.78 is 5.76. The molecule has 0 fully saturated rings. The van der Waals surface area contributed by atoms with Gasteiger partial charge < -0.3 is 15.0 Å². The number of para-hydroxylation sites is 1. The van der Waals surface area contributed by atoms with Crippen molar-refractivity contribution in [2.24, 2.45) is 0 Å². The van der Waals surface area contributed by atoms with Crippen LogP contribution in [0.1, 0.15) is 6.92 Å². The maximum Gasteiger partial charge on any atom is 0.237 e. The number of hydrogen-bond acceptors (Lipinski definition) is 6. The number of benzene rings is 2. The van der Waals surface area contributed by atoms with Crippen LogP contribution in [0.2, 0.25) is 0 Å². The van der Waals surface area contributed by atoms with Gasteiger partial charge in [-0.15, -0.1) is 0 Å². The Morgan fingerprint density at radius 3 is 2.57 bits per heavy atom. The van der Waals surface area contributed by atoms with E-state index in [0.717, 1.165) is 11.3 Å². The molecule has 28 heavy (non-hydrogen) atoms. The standard InChI is InChI=1S/C20H17N5O2S/c1-13(28-20-17-18(22-11-21-17)23-12-24-20)19(26)25-14-7-9-16(10-8-14)27-15-5-3-2-4-6-15/h2-13H,1H3,(H,25,26)(H,21,22,23,24). The number of thioether (sulfide) groups is 1. The first kappa shape index (κ1) is 18.0. The van der Waals surface area contributed by atoms with Gasteiger partial charge >= 0.3 is 0 Å². The maximum atomic E-state index is 12.5. The highest BCUT2D eigenvalue weighted by Crippen LogP contribution is 2.27. The summed E-state index contributed by atoms with van der Waals surface area (Å²) in [5, 5.41) is 3.26. The number of aromatic amines is 1. The van der Waals surface area contributed by atoms with Crippen LogP contribution in [0, 0.1) is 0 Å². The molecule has 0 aliphatic heterocycles. The molecule has 1 amide bonds. The highest BCUT2D eigenvalue weighted by molar-refractivity contribution is 8.00. The lowest BCUT2D eigenvalue weighted by Gasteiger charge is -2.12. The Morgan fingerprint density at radius 2 is 1.79 bits per heavy atom. The highest BCUT2D eigenvalue weighted by atomic mass is 32.2. The van der Waals surface area contributed by atoms with Gasteiger partial charge in [0.05, 0.1) is 11.6 Å². The number of aromatic nitrogens is 4. The maximum absolute atomic E-state index is 12.5. The largest absolute Gasteiger partial charge is 0.457 e. The molecular weight excluding hydrogens is 374 g/mol. The minimum atomic E-state index is -0.346. The number of amides is 1. The molecule has 0 aliphatic rings. The zero-order valence-electron chi connectivity index (χ0n) is 15.0. The van der Waals surface area contributed by atoms with Gasteiger partial charge in [-0.3, -0.25) is 4.79 Å². The van der Waals surface area contributed by atoms with E-state index in [4.69, 9.17) is 4.74 Å². The van der Waals surface area contributed by atoms with E-state index in [1.807, 2.05) is 61.5 Å². The second-order valence-electron chi connectivity index (χ2n) is 5.97. The Hall–Kier alpha value is -3.39. The van der Waals surface area contributed by atoms with Crippen molar-refractivity contribution < 1.29 is 9.53 Å². The molecule has 7 nitrogen and oxygen atoms in total. The van der Waals surface area contributed by atoms with Crippen LogP contribution in [0.3, 0.4) is 0 Å². The van der Waals surface area contributed by atoms with Crippen molar-refractivity contribution in [2.75, 3.05) is 5.32 Å². The number of nitrogens with zero attached hydrogens (tertiary/aromatic N) is 3. The van der Waals surface area contributed by atoms with Crippen LogP contribution in [0.15, 0.2) is 72.3 Å². The van der Waals surface area contributed by atoms with E-state index in [1.54, 1.807) is 6.33 Å². The van der Waals surface area contributed by atoms with E-state index in [0.29, 0.717) is 22.1 Å². The van der Waals surface area contributed by atoms with Crippen molar-refractivity contribution in [3.63, 3.8) is 0 Å². The van der Waals surface area contributed by atoms with Crippen LogP contribution in [0.25, 0.3) is 11.2 Å². The van der Waals surface area contributed by atoms with Crippen molar-refractivity contribution in [1.82, 2.24) is 19.9 Å². The average Bonchev–Trinajstić information content (AvgIpc) is 3.20. The molecule has 2 aromatic heterocycles. The molecule has 140 valence electrons. The molecule has 1 atom stereocenters. The van der Waals surface area contributed by atoms with Crippen molar-refractivity contribution in [3.8, 4) is 11.5 Å². The van der Waals surface area contributed by atoms with Crippen LogP contribution >= 0.6 is 11.8 Å². The number of rotatable bonds is 6. The van der Waals surface area contributed by atoms with Gasteiger partial charge in [-0.2, -0.15) is 0 Å². The van der Waals surface area contributed by atoms with Crippen LogP contribution < -0.4 is 10.1 Å². The summed E-state index contributed by atoms with van der Waals surface area (Å²) in [7, 11) is 0. The predicted octanol–water partition coefficient (Wildman–Crippen LogP) is 4.26. The summed E-state index contributed by atoms with van der Waals surface area (Å²) in [4.78, 5) is 28.0. The van der Waals surface area contributed by atoms with E-state index >= 15 is 0 Å². The number of nitrogens with one attached hydrogen (secondary N) is 2. The normalized spacial score (nSPS) is 11.9. The summed E-state index contributed by atoms with van der Waals surface area (Å²) in [5.41, 5.74) is 2.01. The number of hydrogen-bond donors (Lipinski definition) is 2. The first-order valence-corrected chi connectivity index (χ1v) is 9.51. The molecule has 4 aromatic rings. The molecule has 8 heteroatoms. The topological polar surface area (TPSA) is 92.8 Å². The van der Waals surface area contributed by atoms with E-state index in [-0.39, 0.29) is 11.2 Å². The summed E-state index contributed by atoms with van der Waals surface area (Å²) in [6.07, 6.45) is 3.01. The average molecular weight is 391 g/mol. The van der Waals surface area contributed by atoms with Gasteiger partial charge in [-0.05, 0) is 43.3 Å². The van der Waals surface area contributed by atoms with Gasteiger partial charge in [-0.1, -0.05) is 30.0 Å². The molecule has 0 saturated carbocycles. The summed E-state index contributed by atoms with van der Waals surface area (Å²) in [6.45, 7) is 1.83. The summed E-state index contributed by atoms with van der Waals surface area (Å²) in [5.74, 6) is 1.35. The fourth-order valence-corrected chi connectivity index (χ4v) is 3.40. The molecule has 0 bridgehead atoms. The molecule has 1 unspecified atom stereocenters. The zero-order chi connectivity index (χ0) is 19.3. The van der Waals surface area contributed by atoms with Crippen LogP contribution in [0.4, 0.5) is 5.69 Å². The Balaban J connectivity index is 1.38. The van der Waals surface area contributed by atoms with E-state index in [1.165, 1.54) is 18.1 Å². The molecule has 4 rings (SSSR count). The lowest BCUT2D eigenvalue weighted by Crippen LogP contribution is -2.22. The molecule has 2 N–H and O–H groups in total. The van der Waals surface area contributed by atoms with Crippen molar-refractivity contribution in [2.45, 2.75) is 17.2 Å². The Bertz CT molecular complexity index is 1080. The number of carbonyl (C=O) groups excluding carboxylic acids is 1. The second-order valence-corrected chi connectivity index (χ2v) is 7.30.